The molecular weight excluding hydrogens is 272 g/mol. The number of thiazole rings is 1. The van der Waals surface area contributed by atoms with Gasteiger partial charge in [-0.05, 0) is 11.4 Å². The van der Waals surface area contributed by atoms with Gasteiger partial charge in [0.05, 0.1) is 24.1 Å². The van der Waals surface area contributed by atoms with Gasteiger partial charge in [0.15, 0.2) is 0 Å². The minimum Gasteiger partial charge on any atom is -0.394 e. The number of carbonyl (C=O) groups is 1. The molecule has 0 aliphatic carbocycles. The maximum absolute atomic E-state index is 11.8. The van der Waals surface area contributed by atoms with Crippen molar-refractivity contribution in [3.8, 4) is 9.88 Å². The van der Waals surface area contributed by atoms with Crippen molar-refractivity contribution in [3.63, 3.8) is 0 Å². The molecule has 2 aromatic rings. The number of carbonyl (C=O) groups excluding carboxylic acids is 1. The summed E-state index contributed by atoms with van der Waals surface area (Å²) in [5, 5.41) is 24.7. The van der Waals surface area contributed by atoms with Gasteiger partial charge in [-0.15, -0.1) is 22.7 Å². The Morgan fingerprint density at radius 2 is 2.17 bits per heavy atom. The molecule has 0 spiro atoms. The van der Waals surface area contributed by atoms with Crippen molar-refractivity contribution in [2.75, 3.05) is 13.2 Å². The quantitative estimate of drug-likeness (QED) is 0.763. The summed E-state index contributed by atoms with van der Waals surface area (Å²) in [4.78, 5) is 17.0. The van der Waals surface area contributed by atoms with Gasteiger partial charge in [0.25, 0.3) is 5.91 Å². The van der Waals surface area contributed by atoms with E-state index in [1.165, 1.54) is 11.3 Å². The van der Waals surface area contributed by atoms with Crippen molar-refractivity contribution < 1.29 is 15.0 Å². The molecule has 96 valence electrons. The molecule has 7 heteroatoms. The third-order valence-corrected chi connectivity index (χ3v) is 4.13. The van der Waals surface area contributed by atoms with E-state index in [2.05, 4.69) is 10.3 Å². The third-order valence-electron chi connectivity index (χ3n) is 2.24. The third kappa shape index (κ3) is 2.94. The molecule has 2 heterocycles. The highest BCUT2D eigenvalue weighted by Gasteiger charge is 2.15. The van der Waals surface area contributed by atoms with Crippen LogP contribution in [0.4, 0.5) is 0 Å². The predicted octanol–water partition coefficient (Wildman–Crippen LogP) is 0.955. The fourth-order valence-electron chi connectivity index (χ4n) is 1.30. The number of thiophene rings is 1. The second-order valence-corrected chi connectivity index (χ2v) is 5.36. The Labute approximate surface area is 112 Å². The van der Waals surface area contributed by atoms with Crippen molar-refractivity contribution in [1.82, 2.24) is 10.3 Å². The van der Waals surface area contributed by atoms with Crippen molar-refractivity contribution in [2.24, 2.45) is 0 Å². The average Bonchev–Trinajstić information content (AvgIpc) is 3.04. The first-order chi connectivity index (χ1) is 8.74. The highest BCUT2D eigenvalue weighted by molar-refractivity contribution is 7.20. The van der Waals surface area contributed by atoms with Crippen LogP contribution >= 0.6 is 22.7 Å². The van der Waals surface area contributed by atoms with Crippen LogP contribution in [-0.2, 0) is 0 Å². The molecular formula is C11H12N2O3S2. The summed E-state index contributed by atoms with van der Waals surface area (Å²) in [6.45, 7) is -0.603. The number of hydrogen-bond donors (Lipinski definition) is 3. The Morgan fingerprint density at radius 1 is 1.39 bits per heavy atom. The van der Waals surface area contributed by atoms with E-state index >= 15 is 0 Å². The summed E-state index contributed by atoms with van der Waals surface area (Å²) < 4.78 is 0. The average molecular weight is 284 g/mol. The lowest BCUT2D eigenvalue weighted by atomic mass is 10.3. The van der Waals surface area contributed by atoms with Gasteiger partial charge in [0.2, 0.25) is 0 Å². The number of amides is 1. The molecule has 0 saturated heterocycles. The van der Waals surface area contributed by atoms with Gasteiger partial charge in [0, 0.05) is 5.38 Å². The molecule has 2 aromatic heterocycles. The fraction of sp³-hybridized carbons (Fsp3) is 0.273. The fourth-order valence-corrected chi connectivity index (χ4v) is 2.91. The van der Waals surface area contributed by atoms with Gasteiger partial charge < -0.3 is 15.5 Å². The van der Waals surface area contributed by atoms with Crippen LogP contribution in [0.3, 0.4) is 0 Å². The number of aliphatic hydroxyl groups excluding tert-OH is 2. The summed E-state index contributed by atoms with van der Waals surface area (Å²) >= 11 is 2.95. The minimum absolute atomic E-state index is 0.301. The van der Waals surface area contributed by atoms with E-state index in [1.54, 1.807) is 16.7 Å². The monoisotopic (exact) mass is 284 g/mol. The first kappa shape index (κ1) is 13.2. The van der Waals surface area contributed by atoms with Gasteiger partial charge in [-0.1, -0.05) is 6.07 Å². The van der Waals surface area contributed by atoms with Gasteiger partial charge >= 0.3 is 0 Å². The van der Waals surface area contributed by atoms with Crippen molar-refractivity contribution >= 4 is 28.6 Å². The summed E-state index contributed by atoms with van der Waals surface area (Å²) in [5.41, 5.74) is 0.301. The highest BCUT2D eigenvalue weighted by Crippen LogP contribution is 2.27. The van der Waals surface area contributed by atoms with E-state index in [0.29, 0.717) is 5.69 Å². The molecule has 0 saturated carbocycles. The predicted molar refractivity (Wildman–Crippen MR) is 70.9 cm³/mol. The molecule has 1 amide bonds. The molecule has 3 N–H and O–H groups in total. The molecule has 0 aliphatic rings. The molecule has 0 fully saturated rings. The smallest absolute Gasteiger partial charge is 0.271 e. The molecule has 0 atom stereocenters. The molecule has 0 unspecified atom stereocenters. The minimum atomic E-state index is -0.649. The van der Waals surface area contributed by atoms with Crippen LogP contribution in [0.5, 0.6) is 0 Å². The van der Waals surface area contributed by atoms with E-state index in [-0.39, 0.29) is 19.1 Å². The van der Waals surface area contributed by atoms with Gasteiger partial charge in [-0.2, -0.15) is 0 Å². The Bertz CT molecular complexity index is 506. The van der Waals surface area contributed by atoms with Crippen LogP contribution in [0.25, 0.3) is 9.88 Å². The highest BCUT2D eigenvalue weighted by atomic mass is 32.1. The molecule has 0 radical (unpaired) electrons. The standard InChI is InChI=1S/C11H12N2O3S2/c14-4-7(5-15)12-10(16)8-6-18-11(13-8)9-2-1-3-17-9/h1-3,6-7,14-15H,4-5H2,(H,12,16). The lowest BCUT2D eigenvalue weighted by Gasteiger charge is -2.11. The Balaban J connectivity index is 2.08. The van der Waals surface area contributed by atoms with Crippen molar-refractivity contribution in [2.45, 2.75) is 6.04 Å². The lowest BCUT2D eigenvalue weighted by Crippen LogP contribution is -2.40. The van der Waals surface area contributed by atoms with E-state index in [1.807, 2.05) is 17.5 Å². The molecule has 2 rings (SSSR count). The lowest BCUT2D eigenvalue weighted by molar-refractivity contribution is 0.0875. The topological polar surface area (TPSA) is 82.5 Å². The second kappa shape index (κ2) is 6.05. The first-order valence-corrected chi connectivity index (χ1v) is 7.02. The van der Waals surface area contributed by atoms with Crippen LogP contribution in [0, 0.1) is 0 Å². The number of nitrogens with zero attached hydrogens (tertiary/aromatic N) is 1. The Hall–Kier alpha value is -1.28. The van der Waals surface area contributed by atoms with E-state index < -0.39 is 6.04 Å². The van der Waals surface area contributed by atoms with Gasteiger partial charge in [-0.3, -0.25) is 4.79 Å². The molecule has 0 aliphatic heterocycles. The maximum atomic E-state index is 11.8. The summed E-state index contributed by atoms with van der Waals surface area (Å²) in [6.07, 6.45) is 0. The van der Waals surface area contributed by atoms with Crippen LogP contribution in [-0.4, -0.2) is 40.4 Å². The van der Waals surface area contributed by atoms with E-state index in [9.17, 15) is 4.79 Å². The van der Waals surface area contributed by atoms with Crippen LogP contribution in [0.1, 0.15) is 10.5 Å². The number of aliphatic hydroxyl groups is 2. The largest absolute Gasteiger partial charge is 0.394 e. The molecule has 5 nitrogen and oxygen atoms in total. The zero-order valence-electron chi connectivity index (χ0n) is 9.37. The van der Waals surface area contributed by atoms with E-state index in [0.717, 1.165) is 9.88 Å². The molecule has 0 bridgehead atoms. The number of hydrogen-bond acceptors (Lipinski definition) is 6. The molecule has 0 aromatic carbocycles. The van der Waals surface area contributed by atoms with Crippen LogP contribution in [0.15, 0.2) is 22.9 Å². The Morgan fingerprint density at radius 3 is 2.78 bits per heavy atom. The Kier molecular flexibility index (Phi) is 4.43. The SMILES string of the molecule is O=C(NC(CO)CO)c1csc(-c2cccs2)n1. The van der Waals surface area contributed by atoms with E-state index in [4.69, 9.17) is 10.2 Å². The van der Waals surface area contributed by atoms with Crippen molar-refractivity contribution in [3.05, 3.63) is 28.6 Å². The maximum Gasteiger partial charge on any atom is 0.271 e. The van der Waals surface area contributed by atoms with Crippen LogP contribution in [0.2, 0.25) is 0 Å². The number of aromatic nitrogens is 1. The normalized spacial score (nSPS) is 10.8. The summed E-state index contributed by atoms with van der Waals surface area (Å²) in [7, 11) is 0. The van der Waals surface area contributed by atoms with Gasteiger partial charge in [-0.25, -0.2) is 4.98 Å². The van der Waals surface area contributed by atoms with Crippen molar-refractivity contribution in [1.29, 1.82) is 0 Å². The van der Waals surface area contributed by atoms with Crippen LogP contribution < -0.4 is 5.32 Å². The zero-order chi connectivity index (χ0) is 13.0. The first-order valence-electron chi connectivity index (χ1n) is 5.26. The molecule has 18 heavy (non-hydrogen) atoms. The summed E-state index contributed by atoms with van der Waals surface area (Å²) in [5.74, 6) is -0.387. The zero-order valence-corrected chi connectivity index (χ0v) is 11.0. The second-order valence-electron chi connectivity index (χ2n) is 3.55. The number of nitrogens with one attached hydrogen (secondary N) is 1. The summed E-state index contributed by atoms with van der Waals surface area (Å²) in [6, 6.07) is 3.22. The number of rotatable bonds is 5. The van der Waals surface area contributed by atoms with Gasteiger partial charge in [0.1, 0.15) is 10.7 Å².